The van der Waals surface area contributed by atoms with Crippen molar-refractivity contribution in [1.82, 2.24) is 14.8 Å². The molecule has 2 aliphatic rings. The lowest BCUT2D eigenvalue weighted by Gasteiger charge is -2.34. The Morgan fingerprint density at radius 2 is 1.90 bits per heavy atom. The van der Waals surface area contributed by atoms with Gasteiger partial charge in [-0.05, 0) is 12.1 Å². The van der Waals surface area contributed by atoms with E-state index in [9.17, 15) is 4.79 Å². The highest BCUT2D eigenvalue weighted by atomic mass is 35.5. The number of thiazole rings is 1. The second-order valence-electron chi connectivity index (χ2n) is 7.27. The minimum atomic E-state index is -0.0325. The summed E-state index contributed by atoms with van der Waals surface area (Å²) in [5.74, 6) is 1.01. The van der Waals surface area contributed by atoms with Gasteiger partial charge < -0.3 is 14.4 Å². The van der Waals surface area contributed by atoms with Crippen LogP contribution in [0.1, 0.15) is 16.1 Å². The number of nitrogens with zero attached hydrogens (tertiary/aromatic N) is 3. The molecule has 3 aromatic rings. The molecule has 0 aliphatic carbocycles. The molecule has 8 heteroatoms. The number of hydrogen-bond donors (Lipinski definition) is 0. The summed E-state index contributed by atoms with van der Waals surface area (Å²) >= 11 is 7.90. The molecule has 0 bridgehead atoms. The smallest absolute Gasteiger partial charge is 0.254 e. The predicted octanol–water partition coefficient (Wildman–Crippen LogP) is 4.15. The lowest BCUT2D eigenvalue weighted by molar-refractivity contribution is 0.0627. The van der Waals surface area contributed by atoms with Gasteiger partial charge in [0.2, 0.25) is 6.79 Å². The zero-order chi connectivity index (χ0) is 20.5. The van der Waals surface area contributed by atoms with E-state index >= 15 is 0 Å². The first-order chi connectivity index (χ1) is 14.7. The Morgan fingerprint density at radius 3 is 2.70 bits per heavy atom. The van der Waals surface area contributed by atoms with Crippen molar-refractivity contribution in [2.24, 2.45) is 0 Å². The predicted molar refractivity (Wildman–Crippen MR) is 116 cm³/mol. The van der Waals surface area contributed by atoms with Gasteiger partial charge in [0.15, 0.2) is 11.5 Å². The summed E-state index contributed by atoms with van der Waals surface area (Å²) in [5.41, 5.74) is 2.75. The van der Waals surface area contributed by atoms with Gasteiger partial charge in [0.05, 0.1) is 10.7 Å². The fourth-order valence-corrected chi connectivity index (χ4v) is 4.79. The minimum Gasteiger partial charge on any atom is -0.454 e. The van der Waals surface area contributed by atoms with Crippen molar-refractivity contribution in [2.75, 3.05) is 33.0 Å². The van der Waals surface area contributed by atoms with Gasteiger partial charge in [-0.1, -0.05) is 41.9 Å². The van der Waals surface area contributed by atoms with E-state index < -0.39 is 0 Å². The quantitative estimate of drug-likeness (QED) is 0.608. The molecule has 154 valence electrons. The van der Waals surface area contributed by atoms with Crippen LogP contribution in [0.5, 0.6) is 11.5 Å². The first kappa shape index (κ1) is 19.4. The highest BCUT2D eigenvalue weighted by Gasteiger charge is 2.26. The Labute approximate surface area is 183 Å². The van der Waals surface area contributed by atoms with E-state index in [1.807, 2.05) is 23.1 Å². The van der Waals surface area contributed by atoms with Crippen molar-refractivity contribution in [3.05, 3.63) is 64.1 Å². The van der Waals surface area contributed by atoms with Gasteiger partial charge >= 0.3 is 0 Å². The Bertz CT molecular complexity index is 1060. The van der Waals surface area contributed by atoms with Gasteiger partial charge in [0.1, 0.15) is 5.01 Å². The number of fused-ring (bicyclic) bond motifs is 1. The van der Waals surface area contributed by atoms with E-state index in [0.29, 0.717) is 35.2 Å². The normalized spacial score (nSPS) is 16.1. The molecule has 1 saturated heterocycles. The standard InChI is InChI=1S/C22H20ClN3O3S/c23-18-10-16(11-19-20(18)29-14-28-19)22(27)26-8-6-25(7-9-26)12-17-13-30-21(24-17)15-4-2-1-3-5-15/h1-5,10-11,13H,6-9,12,14H2. The monoisotopic (exact) mass is 441 g/mol. The number of carbonyl (C=O) groups excluding carboxylic acids is 1. The summed E-state index contributed by atoms with van der Waals surface area (Å²) in [6.07, 6.45) is 0. The molecule has 5 rings (SSSR count). The Kier molecular flexibility index (Phi) is 5.33. The van der Waals surface area contributed by atoms with E-state index in [4.69, 9.17) is 26.1 Å². The zero-order valence-corrected chi connectivity index (χ0v) is 17.8. The molecule has 0 atom stereocenters. The van der Waals surface area contributed by atoms with Crippen LogP contribution in [0.3, 0.4) is 0 Å². The molecular weight excluding hydrogens is 422 g/mol. The maximum atomic E-state index is 12.9. The largest absolute Gasteiger partial charge is 0.454 e. The third-order valence-corrected chi connectivity index (χ3v) is 6.51. The van der Waals surface area contributed by atoms with Gasteiger partial charge in [0, 0.05) is 49.2 Å². The van der Waals surface area contributed by atoms with Crippen molar-refractivity contribution in [3.8, 4) is 22.1 Å². The van der Waals surface area contributed by atoms with Crippen LogP contribution in [0.4, 0.5) is 0 Å². The molecule has 30 heavy (non-hydrogen) atoms. The van der Waals surface area contributed by atoms with E-state index in [1.54, 1.807) is 23.5 Å². The number of amides is 1. The summed E-state index contributed by atoms with van der Waals surface area (Å²) in [6, 6.07) is 13.6. The van der Waals surface area contributed by atoms with Crippen molar-refractivity contribution < 1.29 is 14.3 Å². The molecule has 3 heterocycles. The number of rotatable bonds is 4. The van der Waals surface area contributed by atoms with Gasteiger partial charge in [-0.15, -0.1) is 11.3 Å². The van der Waals surface area contributed by atoms with Gasteiger partial charge in [0.25, 0.3) is 5.91 Å². The van der Waals surface area contributed by atoms with Crippen molar-refractivity contribution in [1.29, 1.82) is 0 Å². The van der Waals surface area contributed by atoms with Crippen LogP contribution in [0, 0.1) is 0 Å². The van der Waals surface area contributed by atoms with Crippen LogP contribution in [-0.4, -0.2) is 53.7 Å². The van der Waals surface area contributed by atoms with Crippen molar-refractivity contribution in [2.45, 2.75) is 6.54 Å². The third kappa shape index (κ3) is 3.88. The summed E-state index contributed by atoms with van der Waals surface area (Å²) in [4.78, 5) is 21.9. The van der Waals surface area contributed by atoms with Crippen LogP contribution in [0.15, 0.2) is 47.8 Å². The number of carbonyl (C=O) groups is 1. The van der Waals surface area contributed by atoms with Crippen LogP contribution in [0.25, 0.3) is 10.6 Å². The fraction of sp³-hybridized carbons (Fsp3) is 0.273. The maximum Gasteiger partial charge on any atom is 0.254 e. The first-order valence-electron chi connectivity index (χ1n) is 9.78. The lowest BCUT2D eigenvalue weighted by Crippen LogP contribution is -2.48. The number of piperazine rings is 1. The minimum absolute atomic E-state index is 0.0325. The lowest BCUT2D eigenvalue weighted by atomic mass is 10.1. The molecule has 0 radical (unpaired) electrons. The number of ether oxygens (including phenoxy) is 2. The third-order valence-electron chi connectivity index (χ3n) is 5.29. The molecule has 1 fully saturated rings. The van der Waals surface area contributed by atoms with Gasteiger partial charge in [-0.2, -0.15) is 0 Å². The van der Waals surface area contributed by atoms with Crippen LogP contribution in [0.2, 0.25) is 5.02 Å². The number of aromatic nitrogens is 1. The van der Waals surface area contributed by atoms with Crippen molar-refractivity contribution in [3.63, 3.8) is 0 Å². The van der Waals surface area contributed by atoms with Gasteiger partial charge in [-0.25, -0.2) is 4.98 Å². The number of benzene rings is 2. The summed E-state index contributed by atoms with van der Waals surface area (Å²) in [5, 5.41) is 3.57. The van der Waals surface area contributed by atoms with E-state index in [1.165, 1.54) is 0 Å². The molecule has 0 N–H and O–H groups in total. The molecular formula is C22H20ClN3O3S. The molecule has 1 amide bonds. The number of halogens is 1. The number of hydrogen-bond acceptors (Lipinski definition) is 6. The van der Waals surface area contributed by atoms with Crippen molar-refractivity contribution >= 4 is 28.8 Å². The van der Waals surface area contributed by atoms with Crippen LogP contribution in [-0.2, 0) is 6.54 Å². The Balaban J connectivity index is 1.19. The SMILES string of the molecule is O=C(c1cc(Cl)c2c(c1)OCO2)N1CCN(Cc2csc(-c3ccccc3)n2)CC1. The Morgan fingerprint density at radius 1 is 1.10 bits per heavy atom. The van der Waals surface area contributed by atoms with Crippen LogP contribution < -0.4 is 9.47 Å². The second-order valence-corrected chi connectivity index (χ2v) is 8.54. The average molecular weight is 442 g/mol. The average Bonchev–Trinajstić information content (AvgIpc) is 3.44. The summed E-state index contributed by atoms with van der Waals surface area (Å²) in [7, 11) is 0. The fourth-order valence-electron chi connectivity index (χ4n) is 3.70. The van der Waals surface area contributed by atoms with E-state index in [2.05, 4.69) is 22.4 Å². The molecule has 0 saturated carbocycles. The maximum absolute atomic E-state index is 12.9. The summed E-state index contributed by atoms with van der Waals surface area (Å²) in [6.45, 7) is 3.88. The molecule has 0 unspecified atom stereocenters. The van der Waals surface area contributed by atoms with E-state index in [-0.39, 0.29) is 12.7 Å². The van der Waals surface area contributed by atoms with Crippen LogP contribution >= 0.6 is 22.9 Å². The van der Waals surface area contributed by atoms with E-state index in [0.717, 1.165) is 35.9 Å². The zero-order valence-electron chi connectivity index (χ0n) is 16.2. The summed E-state index contributed by atoms with van der Waals surface area (Å²) < 4.78 is 10.7. The Hall–Kier alpha value is -2.61. The molecule has 1 aromatic heterocycles. The molecule has 2 aliphatic heterocycles. The highest BCUT2D eigenvalue weighted by Crippen LogP contribution is 2.40. The molecule has 0 spiro atoms. The molecule has 2 aromatic carbocycles. The van der Waals surface area contributed by atoms with Gasteiger partial charge in [-0.3, -0.25) is 9.69 Å². The topological polar surface area (TPSA) is 54.9 Å². The second kappa shape index (κ2) is 8.26. The molecule has 6 nitrogen and oxygen atoms in total. The highest BCUT2D eigenvalue weighted by molar-refractivity contribution is 7.13. The first-order valence-corrected chi connectivity index (χ1v) is 11.0.